The van der Waals surface area contributed by atoms with Gasteiger partial charge in [-0.15, -0.1) is 11.8 Å². The van der Waals surface area contributed by atoms with Gasteiger partial charge in [0, 0.05) is 17.0 Å². The molecule has 0 radical (unpaired) electrons. The molecule has 1 aliphatic heterocycles. The molecule has 0 aliphatic carbocycles. The fourth-order valence-corrected chi connectivity index (χ4v) is 5.71. The third kappa shape index (κ3) is 5.74. The molecule has 0 fully saturated rings. The van der Waals surface area contributed by atoms with Crippen LogP contribution < -0.4 is 10.2 Å². The number of aromatic nitrogens is 2. The Hall–Kier alpha value is -3.13. The molecule has 2 heterocycles. The number of nitrogens with one attached hydrogen (secondary N) is 1. The SMILES string of the molecule is CC[C@@H](C)NC(=O)CN1C(=O)CS[C@H](c2cccc(C)c2)c2c(C(C)(C)C)nn(-c3cccc(F)c3)c21. The van der Waals surface area contributed by atoms with Crippen molar-refractivity contribution in [2.75, 3.05) is 17.2 Å². The van der Waals surface area contributed by atoms with E-state index in [9.17, 15) is 14.0 Å². The number of fused-ring (bicyclic) bond motifs is 1. The van der Waals surface area contributed by atoms with Crippen molar-refractivity contribution >= 4 is 29.4 Å². The number of benzene rings is 2. The first-order chi connectivity index (χ1) is 17.5. The Morgan fingerprint density at radius 1 is 1.22 bits per heavy atom. The van der Waals surface area contributed by atoms with Crippen LogP contribution in [0.2, 0.25) is 0 Å². The number of carbonyl (C=O) groups excluding carboxylic acids is 2. The average molecular weight is 523 g/mol. The van der Waals surface area contributed by atoms with E-state index in [1.807, 2.05) is 32.9 Å². The minimum Gasteiger partial charge on any atom is -0.352 e. The highest BCUT2D eigenvalue weighted by Crippen LogP contribution is 2.48. The van der Waals surface area contributed by atoms with Crippen LogP contribution in [0, 0.1) is 12.7 Å². The normalized spacial score (nSPS) is 16.8. The summed E-state index contributed by atoms with van der Waals surface area (Å²) in [6, 6.07) is 14.4. The van der Waals surface area contributed by atoms with E-state index < -0.39 is 5.82 Å². The van der Waals surface area contributed by atoms with Gasteiger partial charge in [0.05, 0.1) is 22.4 Å². The van der Waals surface area contributed by atoms with E-state index in [0.29, 0.717) is 11.5 Å². The smallest absolute Gasteiger partial charge is 0.240 e. The Morgan fingerprint density at radius 3 is 2.59 bits per heavy atom. The number of hydrogen-bond acceptors (Lipinski definition) is 4. The molecule has 37 heavy (non-hydrogen) atoms. The second-order valence-corrected chi connectivity index (χ2v) is 11.8. The maximum atomic E-state index is 14.4. The standard InChI is InChI=1S/C29H35FN4O2S/c1-7-19(3)31-23(35)16-33-24(36)17-37-26(20-11-8-10-18(2)14-20)25-27(29(4,5)6)32-34(28(25)33)22-13-9-12-21(30)15-22/h8-15,19,26H,7,16-17H2,1-6H3,(H,31,35)/t19-,26-/m1/s1. The number of thioether (sulfide) groups is 1. The molecule has 2 atom stereocenters. The van der Waals surface area contributed by atoms with Crippen LogP contribution in [0.5, 0.6) is 0 Å². The van der Waals surface area contributed by atoms with E-state index in [0.717, 1.165) is 28.8 Å². The van der Waals surface area contributed by atoms with Crippen molar-refractivity contribution in [2.45, 2.75) is 64.7 Å². The van der Waals surface area contributed by atoms with Gasteiger partial charge in [-0.25, -0.2) is 9.07 Å². The summed E-state index contributed by atoms with van der Waals surface area (Å²) in [7, 11) is 0. The zero-order valence-electron chi connectivity index (χ0n) is 22.3. The summed E-state index contributed by atoms with van der Waals surface area (Å²) < 4.78 is 16.0. The van der Waals surface area contributed by atoms with E-state index in [4.69, 9.17) is 5.10 Å². The van der Waals surface area contributed by atoms with Gasteiger partial charge in [-0.05, 0) is 44.0 Å². The lowest BCUT2D eigenvalue weighted by Gasteiger charge is -2.25. The first-order valence-electron chi connectivity index (χ1n) is 12.7. The molecule has 2 amide bonds. The summed E-state index contributed by atoms with van der Waals surface area (Å²) in [5, 5.41) is 7.79. The first-order valence-corrected chi connectivity index (χ1v) is 13.7. The molecular weight excluding hydrogens is 487 g/mol. The van der Waals surface area contributed by atoms with Gasteiger partial charge in [0.15, 0.2) is 0 Å². The summed E-state index contributed by atoms with van der Waals surface area (Å²) in [4.78, 5) is 28.2. The molecule has 6 nitrogen and oxygen atoms in total. The Morgan fingerprint density at radius 2 is 1.95 bits per heavy atom. The summed E-state index contributed by atoms with van der Waals surface area (Å²) in [5.41, 5.74) is 4.01. The van der Waals surface area contributed by atoms with Gasteiger partial charge >= 0.3 is 0 Å². The highest BCUT2D eigenvalue weighted by Gasteiger charge is 2.40. The minimum atomic E-state index is -0.398. The summed E-state index contributed by atoms with van der Waals surface area (Å²) in [6.07, 6.45) is 0.783. The van der Waals surface area contributed by atoms with Gasteiger partial charge in [-0.3, -0.25) is 14.5 Å². The Balaban J connectivity index is 1.99. The molecule has 3 aromatic rings. The zero-order valence-corrected chi connectivity index (χ0v) is 23.2. The number of hydrogen-bond donors (Lipinski definition) is 1. The molecule has 1 aromatic heterocycles. The molecule has 1 N–H and O–H groups in total. The van der Waals surface area contributed by atoms with Crippen LogP contribution in [0.25, 0.3) is 5.69 Å². The van der Waals surface area contributed by atoms with Crippen molar-refractivity contribution in [1.82, 2.24) is 15.1 Å². The van der Waals surface area contributed by atoms with Crippen molar-refractivity contribution in [3.8, 4) is 5.69 Å². The second-order valence-electron chi connectivity index (χ2n) is 10.7. The Kier molecular flexibility index (Phi) is 7.78. The van der Waals surface area contributed by atoms with Crippen LogP contribution in [-0.2, 0) is 15.0 Å². The molecular formula is C29H35FN4O2S. The number of anilines is 1. The van der Waals surface area contributed by atoms with Gasteiger partial charge in [0.2, 0.25) is 11.8 Å². The van der Waals surface area contributed by atoms with E-state index in [1.54, 1.807) is 16.8 Å². The topological polar surface area (TPSA) is 67.2 Å². The molecule has 0 unspecified atom stereocenters. The highest BCUT2D eigenvalue weighted by atomic mass is 32.2. The predicted molar refractivity (Wildman–Crippen MR) is 148 cm³/mol. The molecule has 0 saturated heterocycles. The molecule has 8 heteroatoms. The lowest BCUT2D eigenvalue weighted by Crippen LogP contribution is -2.44. The zero-order chi connectivity index (χ0) is 26.9. The Bertz CT molecular complexity index is 1310. The fraction of sp³-hybridized carbons (Fsp3) is 0.414. The first kappa shape index (κ1) is 26.9. The number of amides is 2. The maximum Gasteiger partial charge on any atom is 0.240 e. The molecule has 1 aliphatic rings. The maximum absolute atomic E-state index is 14.4. The van der Waals surface area contributed by atoms with Gasteiger partial charge in [-0.1, -0.05) is 63.6 Å². The largest absolute Gasteiger partial charge is 0.352 e. The quantitative estimate of drug-likeness (QED) is 0.451. The van der Waals surface area contributed by atoms with Gasteiger partial charge < -0.3 is 5.32 Å². The van der Waals surface area contributed by atoms with Gasteiger partial charge in [0.1, 0.15) is 18.2 Å². The monoisotopic (exact) mass is 522 g/mol. The van der Waals surface area contributed by atoms with E-state index in [1.165, 1.54) is 28.8 Å². The minimum absolute atomic E-state index is 0.0123. The number of nitrogens with zero attached hydrogens (tertiary/aromatic N) is 3. The van der Waals surface area contributed by atoms with Crippen LogP contribution in [0.15, 0.2) is 48.5 Å². The molecule has 0 spiro atoms. The molecule has 196 valence electrons. The van der Waals surface area contributed by atoms with Crippen molar-refractivity contribution in [3.63, 3.8) is 0 Å². The second kappa shape index (κ2) is 10.7. The third-order valence-corrected chi connectivity index (χ3v) is 7.77. The number of aryl methyl sites for hydroxylation is 1. The molecule has 0 saturated carbocycles. The van der Waals surface area contributed by atoms with Gasteiger partial charge in [-0.2, -0.15) is 5.10 Å². The van der Waals surface area contributed by atoms with E-state index in [-0.39, 0.29) is 40.8 Å². The lowest BCUT2D eigenvalue weighted by molar-refractivity contribution is -0.123. The Labute approximate surface area is 222 Å². The van der Waals surface area contributed by atoms with E-state index >= 15 is 0 Å². The predicted octanol–water partition coefficient (Wildman–Crippen LogP) is 5.70. The van der Waals surface area contributed by atoms with Crippen molar-refractivity contribution in [3.05, 3.63) is 76.7 Å². The number of halogens is 1. The van der Waals surface area contributed by atoms with Crippen LogP contribution in [0.1, 0.15) is 68.7 Å². The number of rotatable bonds is 6. The van der Waals surface area contributed by atoms with E-state index in [2.05, 4.69) is 38.2 Å². The summed E-state index contributed by atoms with van der Waals surface area (Å²) >= 11 is 1.54. The number of carbonyl (C=O) groups is 2. The van der Waals surface area contributed by atoms with Crippen molar-refractivity contribution < 1.29 is 14.0 Å². The van der Waals surface area contributed by atoms with Crippen LogP contribution in [0.3, 0.4) is 0 Å². The van der Waals surface area contributed by atoms with Crippen LogP contribution >= 0.6 is 11.8 Å². The highest BCUT2D eigenvalue weighted by molar-refractivity contribution is 8.00. The van der Waals surface area contributed by atoms with Crippen LogP contribution in [-0.4, -0.2) is 39.9 Å². The van der Waals surface area contributed by atoms with Crippen molar-refractivity contribution in [2.24, 2.45) is 0 Å². The molecule has 2 aromatic carbocycles. The fourth-order valence-electron chi connectivity index (χ4n) is 4.52. The molecule has 0 bridgehead atoms. The summed E-state index contributed by atoms with van der Waals surface area (Å²) in [5.74, 6) is -0.0897. The third-order valence-electron chi connectivity index (χ3n) is 6.52. The van der Waals surface area contributed by atoms with Crippen molar-refractivity contribution in [1.29, 1.82) is 0 Å². The van der Waals surface area contributed by atoms with Crippen LogP contribution in [0.4, 0.5) is 10.2 Å². The summed E-state index contributed by atoms with van der Waals surface area (Å²) in [6.45, 7) is 12.1. The molecule has 4 rings (SSSR count). The lowest BCUT2D eigenvalue weighted by atomic mass is 9.87. The average Bonchev–Trinajstić information content (AvgIpc) is 3.17. The van der Waals surface area contributed by atoms with Gasteiger partial charge in [0.25, 0.3) is 0 Å².